The first-order valence-electron chi connectivity index (χ1n) is 9.86. The van der Waals surface area contributed by atoms with Crippen LogP contribution in [0.3, 0.4) is 0 Å². The van der Waals surface area contributed by atoms with Gasteiger partial charge in [-0.2, -0.15) is 4.98 Å². The van der Waals surface area contributed by atoms with E-state index in [9.17, 15) is 14.3 Å². The molecule has 1 aliphatic carbocycles. The Morgan fingerprint density at radius 1 is 1.41 bits per heavy atom. The predicted octanol–water partition coefficient (Wildman–Crippen LogP) is 1.86. The number of nitrogens with one attached hydrogen (secondary N) is 1. The largest absolute Gasteiger partial charge is 0.394 e. The van der Waals surface area contributed by atoms with Gasteiger partial charge in [0.1, 0.15) is 6.17 Å². The van der Waals surface area contributed by atoms with Crippen molar-refractivity contribution in [1.82, 2.24) is 20.4 Å². The van der Waals surface area contributed by atoms with Crippen molar-refractivity contribution in [3.05, 3.63) is 11.7 Å². The van der Waals surface area contributed by atoms with Crippen LogP contribution in [-0.4, -0.2) is 69.9 Å². The van der Waals surface area contributed by atoms with Gasteiger partial charge in [-0.3, -0.25) is 9.69 Å². The van der Waals surface area contributed by atoms with Crippen molar-refractivity contribution in [3.63, 3.8) is 0 Å². The Labute approximate surface area is 159 Å². The number of carbonyl (C=O) groups is 1. The van der Waals surface area contributed by atoms with E-state index < -0.39 is 12.2 Å². The molecule has 0 amide bonds. The average molecular weight is 382 g/mol. The number of nitrogens with zero attached hydrogens (tertiary/aromatic N) is 3. The van der Waals surface area contributed by atoms with Crippen LogP contribution < -0.4 is 5.32 Å². The van der Waals surface area contributed by atoms with Crippen LogP contribution in [0.15, 0.2) is 4.52 Å². The molecule has 1 aromatic rings. The first-order valence-corrected chi connectivity index (χ1v) is 9.86. The van der Waals surface area contributed by atoms with E-state index in [0.717, 1.165) is 25.7 Å². The highest BCUT2D eigenvalue weighted by molar-refractivity contribution is 5.97. The molecule has 0 aromatic carbocycles. The number of aliphatic hydroxyl groups is 1. The lowest BCUT2D eigenvalue weighted by molar-refractivity contribution is 0.0849. The third-order valence-electron chi connectivity index (χ3n) is 5.71. The minimum Gasteiger partial charge on any atom is -0.394 e. The maximum absolute atomic E-state index is 14.0. The van der Waals surface area contributed by atoms with Gasteiger partial charge in [0.25, 0.3) is 0 Å². The molecule has 0 spiro atoms. The van der Waals surface area contributed by atoms with Gasteiger partial charge in [-0.25, -0.2) is 4.39 Å². The summed E-state index contributed by atoms with van der Waals surface area (Å²) in [7, 11) is 0. The second kappa shape index (κ2) is 7.93. The number of aromatic nitrogens is 2. The van der Waals surface area contributed by atoms with Gasteiger partial charge >= 0.3 is 0 Å². The zero-order valence-corrected chi connectivity index (χ0v) is 16.5. The molecular weight excluding hydrogens is 351 g/mol. The van der Waals surface area contributed by atoms with Gasteiger partial charge in [-0.1, -0.05) is 38.8 Å². The lowest BCUT2D eigenvalue weighted by atomic mass is 9.97. The monoisotopic (exact) mass is 382 g/mol. The van der Waals surface area contributed by atoms with E-state index in [-0.39, 0.29) is 42.1 Å². The maximum atomic E-state index is 14.0. The third-order valence-corrected chi connectivity index (χ3v) is 5.71. The first-order chi connectivity index (χ1) is 12.7. The fourth-order valence-electron chi connectivity index (χ4n) is 4.05. The number of hydrogen-bond acceptors (Lipinski definition) is 7. The van der Waals surface area contributed by atoms with Crippen LogP contribution in [0.2, 0.25) is 0 Å². The molecule has 1 unspecified atom stereocenters. The van der Waals surface area contributed by atoms with Crippen LogP contribution >= 0.6 is 0 Å². The van der Waals surface area contributed by atoms with E-state index in [4.69, 9.17) is 4.52 Å². The summed E-state index contributed by atoms with van der Waals surface area (Å²) in [4.78, 5) is 18.9. The minimum absolute atomic E-state index is 0.0274. The summed E-state index contributed by atoms with van der Waals surface area (Å²) in [5.74, 6) is 0.145. The molecule has 1 saturated heterocycles. The van der Waals surface area contributed by atoms with Crippen molar-refractivity contribution in [1.29, 1.82) is 0 Å². The van der Waals surface area contributed by atoms with Gasteiger partial charge in [0, 0.05) is 37.0 Å². The number of halogens is 1. The number of Topliss-reactive ketones (excluding diaryl/α,β-unsaturated/α-hetero) is 1. The molecule has 27 heavy (non-hydrogen) atoms. The maximum Gasteiger partial charge on any atom is 0.240 e. The SMILES string of the molecule is CC(C)(C)c1nc(C(=O)C2C[C@H](F)CN2CCNC2(CO)CCCC2)no1. The Hall–Kier alpha value is -1.38. The van der Waals surface area contributed by atoms with E-state index in [1.54, 1.807) is 0 Å². The van der Waals surface area contributed by atoms with Crippen molar-refractivity contribution in [2.24, 2.45) is 0 Å². The molecule has 2 heterocycles. The highest BCUT2D eigenvalue weighted by Crippen LogP contribution is 2.29. The van der Waals surface area contributed by atoms with Crippen LogP contribution in [-0.2, 0) is 5.41 Å². The molecule has 1 aliphatic heterocycles. The smallest absolute Gasteiger partial charge is 0.240 e. The van der Waals surface area contributed by atoms with E-state index in [1.165, 1.54) is 0 Å². The minimum atomic E-state index is -1.04. The summed E-state index contributed by atoms with van der Waals surface area (Å²) in [5.41, 5.74) is -0.559. The lowest BCUT2D eigenvalue weighted by Crippen LogP contribution is -2.50. The zero-order chi connectivity index (χ0) is 19.7. The summed E-state index contributed by atoms with van der Waals surface area (Å²) in [5, 5.41) is 16.9. The second-order valence-corrected chi connectivity index (χ2v) is 8.95. The number of ketones is 1. The molecule has 7 nitrogen and oxygen atoms in total. The summed E-state index contributed by atoms with van der Waals surface area (Å²) in [6, 6.07) is -0.569. The molecule has 2 N–H and O–H groups in total. The van der Waals surface area contributed by atoms with Crippen molar-refractivity contribution in [2.75, 3.05) is 26.2 Å². The van der Waals surface area contributed by atoms with Gasteiger partial charge in [0.15, 0.2) is 0 Å². The number of aliphatic hydroxyl groups excluding tert-OH is 1. The summed E-state index contributed by atoms with van der Waals surface area (Å²) in [6.45, 7) is 7.28. The van der Waals surface area contributed by atoms with Crippen LogP contribution in [0, 0.1) is 0 Å². The Morgan fingerprint density at radius 2 is 2.11 bits per heavy atom. The third kappa shape index (κ3) is 4.55. The van der Waals surface area contributed by atoms with Gasteiger partial charge < -0.3 is 14.9 Å². The van der Waals surface area contributed by atoms with Gasteiger partial charge in [-0.05, 0) is 12.8 Å². The number of likely N-dealkylation sites (tertiary alicyclic amines) is 1. The molecular formula is C19H31FN4O3. The van der Waals surface area contributed by atoms with Crippen LogP contribution in [0.4, 0.5) is 4.39 Å². The number of rotatable bonds is 7. The van der Waals surface area contributed by atoms with Crippen molar-refractivity contribution >= 4 is 5.78 Å². The van der Waals surface area contributed by atoms with E-state index >= 15 is 0 Å². The van der Waals surface area contributed by atoms with Gasteiger partial charge in [0.05, 0.1) is 12.6 Å². The first kappa shape index (κ1) is 20.4. The van der Waals surface area contributed by atoms with Crippen molar-refractivity contribution in [2.45, 2.75) is 76.0 Å². The van der Waals surface area contributed by atoms with Crippen molar-refractivity contribution in [3.8, 4) is 0 Å². The lowest BCUT2D eigenvalue weighted by Gasteiger charge is -2.30. The number of alkyl halides is 1. The molecule has 1 saturated carbocycles. The quantitative estimate of drug-likeness (QED) is 0.696. The normalized spacial score (nSPS) is 26.0. The van der Waals surface area contributed by atoms with Gasteiger partial charge in [-0.15, -0.1) is 0 Å². The van der Waals surface area contributed by atoms with E-state index in [2.05, 4.69) is 15.5 Å². The summed E-state index contributed by atoms with van der Waals surface area (Å²) >= 11 is 0. The van der Waals surface area contributed by atoms with Crippen LogP contribution in [0.25, 0.3) is 0 Å². The molecule has 2 fully saturated rings. The van der Waals surface area contributed by atoms with E-state index in [1.807, 2.05) is 25.7 Å². The number of hydrogen-bond donors (Lipinski definition) is 2. The molecule has 2 atom stereocenters. The standard InChI is InChI=1S/C19H31FN4O3/c1-18(2,3)17-22-16(23-27-17)15(26)14-10-13(20)11-24(14)9-8-21-19(12-25)6-4-5-7-19/h13-14,21,25H,4-12H2,1-3H3/t13-,14?/m0/s1. The van der Waals surface area contributed by atoms with Crippen molar-refractivity contribution < 1.29 is 18.8 Å². The summed E-state index contributed by atoms with van der Waals surface area (Å²) < 4.78 is 19.3. The Kier molecular flexibility index (Phi) is 5.98. The number of carbonyl (C=O) groups excluding carboxylic acids is 1. The van der Waals surface area contributed by atoms with Crippen LogP contribution in [0.5, 0.6) is 0 Å². The Bertz CT molecular complexity index is 652. The molecule has 2 aliphatic rings. The predicted molar refractivity (Wildman–Crippen MR) is 98.5 cm³/mol. The highest BCUT2D eigenvalue weighted by Gasteiger charge is 2.40. The molecule has 152 valence electrons. The Morgan fingerprint density at radius 3 is 2.70 bits per heavy atom. The van der Waals surface area contributed by atoms with Gasteiger partial charge in [0.2, 0.25) is 17.5 Å². The fourth-order valence-corrected chi connectivity index (χ4v) is 4.05. The molecule has 0 radical (unpaired) electrons. The topological polar surface area (TPSA) is 91.5 Å². The molecule has 3 rings (SSSR count). The Balaban J connectivity index is 1.61. The molecule has 8 heteroatoms. The molecule has 1 aromatic heterocycles. The average Bonchev–Trinajstić information content (AvgIpc) is 3.33. The van der Waals surface area contributed by atoms with Crippen LogP contribution in [0.1, 0.15) is 69.4 Å². The second-order valence-electron chi connectivity index (χ2n) is 8.95. The summed E-state index contributed by atoms with van der Waals surface area (Å²) in [6.07, 6.45) is 3.25. The zero-order valence-electron chi connectivity index (χ0n) is 16.5. The highest BCUT2D eigenvalue weighted by atomic mass is 19.1. The molecule has 0 bridgehead atoms. The fraction of sp³-hybridized carbons (Fsp3) is 0.842. The van der Waals surface area contributed by atoms with E-state index in [0.29, 0.717) is 19.0 Å².